The van der Waals surface area contributed by atoms with Gasteiger partial charge in [0.15, 0.2) is 0 Å². The van der Waals surface area contributed by atoms with Crippen molar-refractivity contribution in [3.8, 4) is 0 Å². The number of benzene rings is 3. The lowest BCUT2D eigenvalue weighted by molar-refractivity contribution is -0.119. The molecule has 196 valence electrons. The highest BCUT2D eigenvalue weighted by atomic mass is 35.5. The summed E-state index contributed by atoms with van der Waals surface area (Å²) in [4.78, 5) is 13.2. The van der Waals surface area contributed by atoms with E-state index in [1.807, 2.05) is 19.1 Å². The van der Waals surface area contributed by atoms with E-state index in [-0.39, 0.29) is 29.2 Å². The summed E-state index contributed by atoms with van der Waals surface area (Å²) in [6, 6.07) is 20.0. The van der Waals surface area contributed by atoms with Gasteiger partial charge >= 0.3 is 0 Å². The third-order valence-electron chi connectivity index (χ3n) is 6.65. The van der Waals surface area contributed by atoms with Crippen molar-refractivity contribution in [3.05, 3.63) is 94.8 Å². The van der Waals surface area contributed by atoms with Gasteiger partial charge in [-0.25, -0.2) is 12.8 Å². The molecule has 1 aliphatic heterocycles. The standard InChI is InChI=1S/C28H31ClFN3O3S/c1-20(18-21-10-12-22(29)13-11-21)28(34)32-27-9-5-8-26(30)25(27)15-14-23-19-31-16-17-33(23)37(35,36)24-6-3-2-4-7-24/h2-13,20,23,31H,14-19H2,1H3,(H,32,34)/t20-,23-/m0/s1. The van der Waals surface area contributed by atoms with Crippen molar-refractivity contribution in [3.63, 3.8) is 0 Å². The number of hydrogen-bond donors (Lipinski definition) is 2. The highest BCUT2D eigenvalue weighted by Gasteiger charge is 2.33. The number of anilines is 1. The maximum Gasteiger partial charge on any atom is 0.243 e. The van der Waals surface area contributed by atoms with Gasteiger partial charge in [0.2, 0.25) is 15.9 Å². The summed E-state index contributed by atoms with van der Waals surface area (Å²) in [5.74, 6) is -0.981. The van der Waals surface area contributed by atoms with E-state index in [0.717, 1.165) is 5.56 Å². The molecular formula is C28H31ClFN3O3S. The fourth-order valence-corrected chi connectivity index (χ4v) is 6.40. The van der Waals surface area contributed by atoms with Crippen LogP contribution >= 0.6 is 11.6 Å². The second-order valence-electron chi connectivity index (χ2n) is 9.31. The Morgan fingerprint density at radius 1 is 1.11 bits per heavy atom. The summed E-state index contributed by atoms with van der Waals surface area (Å²) >= 11 is 5.95. The molecular weight excluding hydrogens is 513 g/mol. The van der Waals surface area contributed by atoms with Crippen molar-refractivity contribution in [2.24, 2.45) is 5.92 Å². The smallest absolute Gasteiger partial charge is 0.243 e. The van der Waals surface area contributed by atoms with E-state index in [4.69, 9.17) is 11.6 Å². The van der Waals surface area contributed by atoms with Crippen LogP contribution in [0.1, 0.15) is 24.5 Å². The van der Waals surface area contributed by atoms with E-state index < -0.39 is 15.8 Å². The Morgan fingerprint density at radius 3 is 2.57 bits per heavy atom. The van der Waals surface area contributed by atoms with Gasteiger partial charge in [0.1, 0.15) is 5.82 Å². The van der Waals surface area contributed by atoms with Crippen LogP contribution in [0, 0.1) is 11.7 Å². The van der Waals surface area contributed by atoms with Crippen LogP contribution in [0.25, 0.3) is 0 Å². The largest absolute Gasteiger partial charge is 0.325 e. The quantitative estimate of drug-likeness (QED) is 0.403. The molecule has 0 saturated carbocycles. The zero-order chi connectivity index (χ0) is 26.4. The van der Waals surface area contributed by atoms with E-state index in [1.165, 1.54) is 10.4 Å². The minimum absolute atomic E-state index is 0.214. The summed E-state index contributed by atoms with van der Waals surface area (Å²) in [6.07, 6.45) is 1.21. The molecule has 0 aromatic heterocycles. The summed E-state index contributed by atoms with van der Waals surface area (Å²) in [5.41, 5.74) is 1.77. The average Bonchev–Trinajstić information content (AvgIpc) is 2.90. The number of piperazine rings is 1. The molecule has 3 aromatic rings. The molecule has 1 fully saturated rings. The minimum Gasteiger partial charge on any atom is -0.325 e. The molecule has 1 aliphatic rings. The van der Waals surface area contributed by atoms with Crippen LogP contribution in [-0.2, 0) is 27.7 Å². The number of sulfonamides is 1. The first-order chi connectivity index (χ1) is 17.8. The Bertz CT molecular complexity index is 1320. The third kappa shape index (κ3) is 6.76. The Balaban J connectivity index is 1.46. The number of carbonyl (C=O) groups is 1. The lowest BCUT2D eigenvalue weighted by atomic mass is 9.99. The fraction of sp³-hybridized carbons (Fsp3) is 0.321. The molecule has 0 aliphatic carbocycles. The van der Waals surface area contributed by atoms with Crippen LogP contribution in [0.5, 0.6) is 0 Å². The minimum atomic E-state index is -3.68. The number of hydrogen-bond acceptors (Lipinski definition) is 4. The van der Waals surface area contributed by atoms with Crippen molar-refractivity contribution >= 4 is 33.2 Å². The maximum atomic E-state index is 14.9. The second kappa shape index (κ2) is 12.2. The van der Waals surface area contributed by atoms with Gasteiger partial charge in [-0.05, 0) is 61.2 Å². The molecule has 0 bridgehead atoms. The molecule has 1 saturated heterocycles. The molecule has 9 heteroatoms. The van der Waals surface area contributed by atoms with E-state index in [1.54, 1.807) is 54.6 Å². The molecule has 0 unspecified atom stereocenters. The van der Waals surface area contributed by atoms with E-state index in [0.29, 0.717) is 48.7 Å². The first-order valence-electron chi connectivity index (χ1n) is 12.4. The summed E-state index contributed by atoms with van der Waals surface area (Å²) in [5, 5.41) is 6.77. The SMILES string of the molecule is C[C@@H](Cc1ccc(Cl)cc1)C(=O)Nc1cccc(F)c1CC[C@H]1CNCCN1S(=O)(=O)c1ccccc1. The van der Waals surface area contributed by atoms with Gasteiger partial charge in [-0.15, -0.1) is 0 Å². The molecule has 2 N–H and O–H groups in total. The van der Waals surface area contributed by atoms with Gasteiger partial charge < -0.3 is 10.6 Å². The van der Waals surface area contributed by atoms with E-state index in [9.17, 15) is 17.6 Å². The molecule has 37 heavy (non-hydrogen) atoms. The highest BCUT2D eigenvalue weighted by molar-refractivity contribution is 7.89. The molecule has 0 radical (unpaired) electrons. The van der Waals surface area contributed by atoms with E-state index >= 15 is 0 Å². The van der Waals surface area contributed by atoms with Crippen LogP contribution in [0.3, 0.4) is 0 Å². The zero-order valence-corrected chi connectivity index (χ0v) is 22.2. The molecule has 1 amide bonds. The molecule has 1 heterocycles. The topological polar surface area (TPSA) is 78.5 Å². The third-order valence-corrected chi connectivity index (χ3v) is 8.87. The first kappa shape index (κ1) is 27.3. The Kier molecular flexibility index (Phi) is 8.97. The Hall–Kier alpha value is -2.78. The predicted molar refractivity (Wildman–Crippen MR) is 145 cm³/mol. The van der Waals surface area contributed by atoms with E-state index in [2.05, 4.69) is 10.6 Å². The van der Waals surface area contributed by atoms with Crippen LogP contribution in [0.15, 0.2) is 77.7 Å². The number of nitrogens with one attached hydrogen (secondary N) is 2. The molecule has 0 spiro atoms. The Morgan fingerprint density at radius 2 is 1.84 bits per heavy atom. The van der Waals surface area contributed by atoms with Gasteiger partial charge in [0.05, 0.1) is 4.90 Å². The normalized spacial score (nSPS) is 17.3. The first-order valence-corrected chi connectivity index (χ1v) is 14.2. The van der Waals surface area contributed by atoms with Crippen molar-refractivity contribution < 1.29 is 17.6 Å². The molecule has 3 aromatic carbocycles. The zero-order valence-electron chi connectivity index (χ0n) is 20.7. The average molecular weight is 544 g/mol. The number of nitrogens with zero attached hydrogens (tertiary/aromatic N) is 1. The number of rotatable bonds is 9. The Labute approximate surface area is 222 Å². The van der Waals surface area contributed by atoms with Crippen LogP contribution in [0.4, 0.5) is 10.1 Å². The lowest BCUT2D eigenvalue weighted by Gasteiger charge is -2.35. The lowest BCUT2D eigenvalue weighted by Crippen LogP contribution is -2.53. The monoisotopic (exact) mass is 543 g/mol. The fourth-order valence-electron chi connectivity index (χ4n) is 4.60. The maximum absolute atomic E-state index is 14.9. The van der Waals surface area contributed by atoms with Crippen molar-refractivity contribution in [1.82, 2.24) is 9.62 Å². The van der Waals surface area contributed by atoms with Crippen LogP contribution in [-0.4, -0.2) is 44.3 Å². The highest BCUT2D eigenvalue weighted by Crippen LogP contribution is 2.26. The van der Waals surface area contributed by atoms with Crippen LogP contribution < -0.4 is 10.6 Å². The van der Waals surface area contributed by atoms with Gasteiger partial charge in [-0.3, -0.25) is 4.79 Å². The van der Waals surface area contributed by atoms with Gasteiger partial charge in [0, 0.05) is 47.9 Å². The van der Waals surface area contributed by atoms with Crippen molar-refractivity contribution in [2.75, 3.05) is 25.0 Å². The summed E-state index contributed by atoms with van der Waals surface area (Å²) in [7, 11) is -3.68. The molecule has 4 rings (SSSR count). The van der Waals surface area contributed by atoms with Crippen LogP contribution in [0.2, 0.25) is 5.02 Å². The van der Waals surface area contributed by atoms with Gasteiger partial charge in [0.25, 0.3) is 0 Å². The summed E-state index contributed by atoms with van der Waals surface area (Å²) in [6.45, 7) is 3.18. The number of carbonyl (C=O) groups excluding carboxylic acids is 1. The van der Waals surface area contributed by atoms with Gasteiger partial charge in [-0.1, -0.05) is 54.9 Å². The molecule has 6 nitrogen and oxygen atoms in total. The number of halogens is 2. The van der Waals surface area contributed by atoms with Gasteiger partial charge in [-0.2, -0.15) is 4.31 Å². The van der Waals surface area contributed by atoms with Crippen molar-refractivity contribution in [1.29, 1.82) is 0 Å². The molecule has 2 atom stereocenters. The second-order valence-corrected chi connectivity index (χ2v) is 11.6. The summed E-state index contributed by atoms with van der Waals surface area (Å²) < 4.78 is 43.0. The predicted octanol–water partition coefficient (Wildman–Crippen LogP) is 4.89. The number of amides is 1. The van der Waals surface area contributed by atoms with Crippen molar-refractivity contribution in [2.45, 2.75) is 37.1 Å².